The molecule has 82 valence electrons. The van der Waals surface area contributed by atoms with Crippen molar-refractivity contribution in [2.45, 2.75) is 6.92 Å². The van der Waals surface area contributed by atoms with Gasteiger partial charge in [0.1, 0.15) is 5.75 Å². The number of rotatable bonds is 2. The molecule has 0 aliphatic carbocycles. The molecule has 0 aliphatic rings. The van der Waals surface area contributed by atoms with Crippen LogP contribution in [-0.2, 0) is 0 Å². The predicted molar refractivity (Wildman–Crippen MR) is 65.4 cm³/mol. The first-order chi connectivity index (χ1) is 7.72. The van der Waals surface area contributed by atoms with Crippen LogP contribution in [0.2, 0.25) is 0 Å². The molecule has 3 heteroatoms. The Labute approximate surface area is 94.9 Å². The Balaban J connectivity index is 2.63. The summed E-state index contributed by atoms with van der Waals surface area (Å²) in [6.07, 6.45) is 3.44. The molecule has 0 fully saturated rings. The lowest BCUT2D eigenvalue weighted by Crippen LogP contribution is -1.94. The van der Waals surface area contributed by atoms with Gasteiger partial charge in [-0.25, -0.2) is 0 Å². The van der Waals surface area contributed by atoms with Gasteiger partial charge in [-0.3, -0.25) is 4.98 Å². The Kier molecular flexibility index (Phi) is 2.77. The highest BCUT2D eigenvalue weighted by Gasteiger charge is 2.08. The topological polar surface area (TPSA) is 48.1 Å². The van der Waals surface area contributed by atoms with Crippen LogP contribution in [0.4, 0.5) is 5.69 Å². The summed E-state index contributed by atoms with van der Waals surface area (Å²) in [6, 6.07) is 7.79. The van der Waals surface area contributed by atoms with Gasteiger partial charge in [-0.2, -0.15) is 0 Å². The zero-order chi connectivity index (χ0) is 11.5. The molecule has 0 saturated carbocycles. The lowest BCUT2D eigenvalue weighted by molar-refractivity contribution is 0.416. The summed E-state index contributed by atoms with van der Waals surface area (Å²) in [7, 11) is 1.65. The molecule has 0 amide bonds. The minimum Gasteiger partial charge on any atom is -0.496 e. The third-order valence-electron chi connectivity index (χ3n) is 2.50. The number of hydrogen-bond acceptors (Lipinski definition) is 3. The fourth-order valence-electron chi connectivity index (χ4n) is 1.66. The van der Waals surface area contributed by atoms with Gasteiger partial charge in [0.2, 0.25) is 0 Å². The first-order valence-corrected chi connectivity index (χ1v) is 5.07. The van der Waals surface area contributed by atoms with Crippen molar-refractivity contribution >= 4 is 5.69 Å². The Morgan fingerprint density at radius 1 is 1.19 bits per heavy atom. The van der Waals surface area contributed by atoms with Gasteiger partial charge < -0.3 is 10.5 Å². The maximum Gasteiger partial charge on any atom is 0.126 e. The molecular formula is C13H14N2O. The molecule has 3 nitrogen and oxygen atoms in total. The highest BCUT2D eigenvalue weighted by Crippen LogP contribution is 2.33. The number of anilines is 1. The van der Waals surface area contributed by atoms with Gasteiger partial charge in [0.05, 0.1) is 7.11 Å². The molecule has 0 radical (unpaired) electrons. The SMILES string of the molecule is COc1ccc(C)cc1-c1cnccc1N. The molecule has 0 saturated heterocycles. The first-order valence-electron chi connectivity index (χ1n) is 5.07. The van der Waals surface area contributed by atoms with Gasteiger partial charge in [0.25, 0.3) is 0 Å². The van der Waals surface area contributed by atoms with Crippen LogP contribution in [0.3, 0.4) is 0 Å². The van der Waals surface area contributed by atoms with E-state index in [-0.39, 0.29) is 0 Å². The minimum absolute atomic E-state index is 0.707. The molecule has 1 heterocycles. The zero-order valence-corrected chi connectivity index (χ0v) is 9.40. The maximum absolute atomic E-state index is 5.93. The summed E-state index contributed by atoms with van der Waals surface area (Å²) in [5.41, 5.74) is 9.69. The Hall–Kier alpha value is -2.03. The number of nitrogens with two attached hydrogens (primary N) is 1. The van der Waals surface area contributed by atoms with Crippen LogP contribution < -0.4 is 10.5 Å². The summed E-state index contributed by atoms with van der Waals surface area (Å²) in [6.45, 7) is 2.04. The zero-order valence-electron chi connectivity index (χ0n) is 9.40. The quantitative estimate of drug-likeness (QED) is 0.836. The van der Waals surface area contributed by atoms with Gasteiger partial charge >= 0.3 is 0 Å². The van der Waals surface area contributed by atoms with E-state index in [9.17, 15) is 0 Å². The second kappa shape index (κ2) is 4.23. The molecule has 2 aromatic rings. The Morgan fingerprint density at radius 3 is 2.69 bits per heavy atom. The molecule has 0 atom stereocenters. The lowest BCUT2D eigenvalue weighted by atomic mass is 10.0. The third kappa shape index (κ3) is 1.84. The van der Waals surface area contributed by atoms with Crippen molar-refractivity contribution in [2.75, 3.05) is 12.8 Å². The lowest BCUT2D eigenvalue weighted by Gasteiger charge is -2.11. The molecule has 16 heavy (non-hydrogen) atoms. The van der Waals surface area contributed by atoms with E-state index in [1.807, 2.05) is 25.1 Å². The number of hydrogen-bond donors (Lipinski definition) is 1. The standard InChI is InChI=1S/C13H14N2O/c1-9-3-4-13(16-2)10(7-9)11-8-15-6-5-12(11)14/h3-8H,1-2H3,(H2,14,15). The number of nitrogens with zero attached hydrogens (tertiary/aromatic N) is 1. The van der Waals surface area contributed by atoms with Crippen molar-refractivity contribution in [1.82, 2.24) is 4.98 Å². The normalized spacial score (nSPS) is 10.1. The predicted octanol–water partition coefficient (Wildman–Crippen LogP) is 2.65. The number of nitrogen functional groups attached to an aromatic ring is 1. The van der Waals surface area contributed by atoms with Crippen molar-refractivity contribution in [2.24, 2.45) is 0 Å². The average Bonchev–Trinajstić information content (AvgIpc) is 2.29. The van der Waals surface area contributed by atoms with Crippen LogP contribution in [0.15, 0.2) is 36.7 Å². The molecule has 1 aromatic carbocycles. The minimum atomic E-state index is 0.707. The van der Waals surface area contributed by atoms with Crippen LogP contribution in [-0.4, -0.2) is 12.1 Å². The van der Waals surface area contributed by atoms with E-state index in [1.165, 1.54) is 5.56 Å². The summed E-state index contributed by atoms with van der Waals surface area (Å²) in [5, 5.41) is 0. The van der Waals surface area contributed by atoms with Gasteiger partial charge in [-0.15, -0.1) is 0 Å². The number of ether oxygens (including phenoxy) is 1. The van der Waals surface area contributed by atoms with Crippen LogP contribution in [0, 0.1) is 6.92 Å². The second-order valence-electron chi connectivity index (χ2n) is 3.67. The van der Waals surface area contributed by atoms with E-state index in [1.54, 1.807) is 25.6 Å². The van der Waals surface area contributed by atoms with Gasteiger partial charge in [0.15, 0.2) is 0 Å². The van der Waals surface area contributed by atoms with E-state index in [0.29, 0.717) is 5.69 Å². The van der Waals surface area contributed by atoms with E-state index in [0.717, 1.165) is 16.9 Å². The first kappa shape index (κ1) is 10.5. The number of pyridine rings is 1. The molecule has 1 aromatic heterocycles. The number of aryl methyl sites for hydroxylation is 1. The molecule has 0 aliphatic heterocycles. The molecule has 0 unspecified atom stereocenters. The highest BCUT2D eigenvalue weighted by molar-refractivity contribution is 5.79. The fraction of sp³-hybridized carbons (Fsp3) is 0.154. The molecule has 2 rings (SSSR count). The summed E-state index contributed by atoms with van der Waals surface area (Å²) >= 11 is 0. The van der Waals surface area contributed by atoms with Gasteiger partial charge in [-0.05, 0) is 25.1 Å². The number of benzene rings is 1. The van der Waals surface area contributed by atoms with E-state index < -0.39 is 0 Å². The summed E-state index contributed by atoms with van der Waals surface area (Å²) in [4.78, 5) is 4.09. The molecule has 0 spiro atoms. The summed E-state index contributed by atoms with van der Waals surface area (Å²) < 4.78 is 5.33. The van der Waals surface area contributed by atoms with E-state index in [4.69, 9.17) is 10.5 Å². The Bertz CT molecular complexity index is 509. The van der Waals surface area contributed by atoms with E-state index in [2.05, 4.69) is 4.98 Å². The third-order valence-corrected chi connectivity index (χ3v) is 2.50. The van der Waals surface area contributed by atoms with Crippen LogP contribution in [0.25, 0.3) is 11.1 Å². The van der Waals surface area contributed by atoms with Crippen LogP contribution in [0.5, 0.6) is 5.75 Å². The van der Waals surface area contributed by atoms with Gasteiger partial charge in [-0.1, -0.05) is 11.6 Å². The molecule has 2 N–H and O–H groups in total. The molecular weight excluding hydrogens is 200 g/mol. The monoisotopic (exact) mass is 214 g/mol. The summed E-state index contributed by atoms with van der Waals surface area (Å²) in [5.74, 6) is 0.810. The molecule has 0 bridgehead atoms. The van der Waals surface area contributed by atoms with Crippen molar-refractivity contribution in [1.29, 1.82) is 0 Å². The van der Waals surface area contributed by atoms with Crippen molar-refractivity contribution in [3.63, 3.8) is 0 Å². The fourth-order valence-corrected chi connectivity index (χ4v) is 1.66. The van der Waals surface area contributed by atoms with Crippen molar-refractivity contribution in [3.8, 4) is 16.9 Å². The largest absolute Gasteiger partial charge is 0.496 e. The number of methoxy groups -OCH3 is 1. The maximum atomic E-state index is 5.93. The van der Waals surface area contributed by atoms with Crippen LogP contribution in [0.1, 0.15) is 5.56 Å². The highest BCUT2D eigenvalue weighted by atomic mass is 16.5. The van der Waals surface area contributed by atoms with Crippen LogP contribution >= 0.6 is 0 Å². The second-order valence-corrected chi connectivity index (χ2v) is 3.67. The Morgan fingerprint density at radius 2 is 2.00 bits per heavy atom. The van der Waals surface area contributed by atoms with Crippen molar-refractivity contribution < 1.29 is 4.74 Å². The smallest absolute Gasteiger partial charge is 0.126 e. The average molecular weight is 214 g/mol. The van der Waals surface area contributed by atoms with Crippen molar-refractivity contribution in [3.05, 3.63) is 42.2 Å². The van der Waals surface area contributed by atoms with E-state index >= 15 is 0 Å². The van der Waals surface area contributed by atoms with Gasteiger partial charge in [0, 0.05) is 29.2 Å². The number of aromatic nitrogens is 1.